The van der Waals surface area contributed by atoms with E-state index in [-0.39, 0.29) is 23.3 Å². The molecule has 2 amide bonds. The monoisotopic (exact) mass is 404 g/mol. The number of likely N-dealkylation sites (tertiary alicyclic amines) is 1. The van der Waals surface area contributed by atoms with Crippen molar-refractivity contribution in [2.45, 2.75) is 58.5 Å². The second-order valence-corrected chi connectivity index (χ2v) is 10.1. The Morgan fingerprint density at radius 2 is 1.76 bits per heavy atom. The number of hydrogen-bond donors (Lipinski definition) is 0. The van der Waals surface area contributed by atoms with E-state index in [0.717, 1.165) is 23.9 Å². The van der Waals surface area contributed by atoms with Crippen molar-refractivity contribution in [3.63, 3.8) is 0 Å². The van der Waals surface area contributed by atoms with Crippen LogP contribution in [0, 0.1) is 10.8 Å². The molecule has 0 N–H and O–H groups in total. The maximum Gasteiger partial charge on any atom is 0.251 e. The van der Waals surface area contributed by atoms with E-state index < -0.39 is 0 Å². The number of carbonyl (C=O) groups excluding carboxylic acids is 2. The summed E-state index contributed by atoms with van der Waals surface area (Å²) < 4.78 is 0.940. The van der Waals surface area contributed by atoms with Crippen LogP contribution in [0.2, 0.25) is 0 Å². The minimum atomic E-state index is -0.295. The Morgan fingerprint density at radius 1 is 1.08 bits per heavy atom. The van der Waals surface area contributed by atoms with Crippen molar-refractivity contribution in [3.05, 3.63) is 28.7 Å². The molecule has 2 saturated heterocycles. The second kappa shape index (κ2) is 5.65. The SMILES string of the molecule is CC1(C)C[C@@H]2C[C@@](C)(CN2[C@@H]2CC(=O)N(c3ccc(Br)cc3)C2=O)C1. The standard InChI is InChI=1S/C20H25BrN2O2/c1-19(2)9-15-10-20(3,11-19)12-22(15)16-8-17(24)23(18(16)25)14-6-4-13(21)5-7-14/h4-7,15-16H,8-12H2,1-3H3/t15-,16-,20-/m1/s1. The van der Waals surface area contributed by atoms with E-state index in [1.807, 2.05) is 24.3 Å². The Hall–Kier alpha value is -1.20. The normalized spacial score (nSPS) is 34.8. The van der Waals surface area contributed by atoms with Crippen molar-refractivity contribution in [1.29, 1.82) is 0 Å². The first-order valence-electron chi connectivity index (χ1n) is 9.06. The first kappa shape index (κ1) is 17.2. The summed E-state index contributed by atoms with van der Waals surface area (Å²) in [5.74, 6) is -0.135. The van der Waals surface area contributed by atoms with Crippen LogP contribution in [-0.2, 0) is 9.59 Å². The van der Waals surface area contributed by atoms with Gasteiger partial charge in [-0.3, -0.25) is 14.5 Å². The van der Waals surface area contributed by atoms with Gasteiger partial charge in [0.1, 0.15) is 0 Å². The van der Waals surface area contributed by atoms with Gasteiger partial charge in [0.05, 0.1) is 18.2 Å². The lowest BCUT2D eigenvalue weighted by atomic mass is 9.65. The minimum absolute atomic E-state index is 0.0544. The first-order chi connectivity index (χ1) is 11.7. The third-order valence-corrected chi connectivity index (χ3v) is 6.59. The number of nitrogens with zero attached hydrogens (tertiary/aromatic N) is 2. The molecule has 134 valence electrons. The van der Waals surface area contributed by atoms with Gasteiger partial charge in [-0.2, -0.15) is 0 Å². The van der Waals surface area contributed by atoms with Crippen LogP contribution in [0.5, 0.6) is 0 Å². The van der Waals surface area contributed by atoms with Gasteiger partial charge in [0.15, 0.2) is 0 Å². The van der Waals surface area contributed by atoms with E-state index in [9.17, 15) is 9.59 Å². The molecular weight excluding hydrogens is 380 g/mol. The Kier molecular flexibility index (Phi) is 3.89. The quantitative estimate of drug-likeness (QED) is 0.699. The molecule has 5 heteroatoms. The summed E-state index contributed by atoms with van der Waals surface area (Å²) in [6, 6.07) is 7.52. The highest BCUT2D eigenvalue weighted by atomic mass is 79.9. The Balaban J connectivity index is 1.59. The van der Waals surface area contributed by atoms with Crippen LogP contribution in [0.15, 0.2) is 28.7 Å². The maximum atomic E-state index is 13.1. The number of rotatable bonds is 2. The van der Waals surface area contributed by atoms with Crippen LogP contribution in [0.3, 0.4) is 0 Å². The van der Waals surface area contributed by atoms with Gasteiger partial charge in [0.25, 0.3) is 5.91 Å². The highest BCUT2D eigenvalue weighted by molar-refractivity contribution is 9.10. The van der Waals surface area contributed by atoms with Gasteiger partial charge in [0.2, 0.25) is 5.91 Å². The fourth-order valence-electron chi connectivity index (χ4n) is 5.60. The predicted octanol–water partition coefficient (Wildman–Crippen LogP) is 3.98. The number of benzene rings is 1. The molecule has 1 aromatic carbocycles. The maximum absolute atomic E-state index is 13.1. The van der Waals surface area contributed by atoms with Crippen molar-refractivity contribution in [2.24, 2.45) is 10.8 Å². The molecule has 2 heterocycles. The Labute approximate surface area is 157 Å². The molecule has 0 radical (unpaired) electrons. The zero-order valence-electron chi connectivity index (χ0n) is 15.1. The number of amides is 2. The van der Waals surface area contributed by atoms with Crippen molar-refractivity contribution in [3.8, 4) is 0 Å². The first-order valence-corrected chi connectivity index (χ1v) is 9.85. The summed E-state index contributed by atoms with van der Waals surface area (Å²) in [6.45, 7) is 7.93. The third-order valence-electron chi connectivity index (χ3n) is 6.06. The van der Waals surface area contributed by atoms with Crippen molar-refractivity contribution in [2.75, 3.05) is 11.4 Å². The predicted molar refractivity (Wildman–Crippen MR) is 101 cm³/mol. The number of imide groups is 1. The van der Waals surface area contributed by atoms with Gasteiger partial charge in [-0.15, -0.1) is 0 Å². The molecule has 3 fully saturated rings. The van der Waals surface area contributed by atoms with Crippen LogP contribution in [-0.4, -0.2) is 35.3 Å². The number of carbonyl (C=O) groups is 2. The van der Waals surface area contributed by atoms with E-state index in [2.05, 4.69) is 41.6 Å². The second-order valence-electron chi connectivity index (χ2n) is 9.15. The molecule has 4 rings (SSSR count). The number of hydrogen-bond acceptors (Lipinski definition) is 3. The molecule has 2 bridgehead atoms. The molecule has 4 nitrogen and oxygen atoms in total. The highest BCUT2D eigenvalue weighted by Gasteiger charge is 2.54. The molecule has 0 spiro atoms. The van der Waals surface area contributed by atoms with Crippen LogP contribution >= 0.6 is 15.9 Å². The lowest BCUT2D eigenvalue weighted by Crippen LogP contribution is -2.45. The number of fused-ring (bicyclic) bond motifs is 2. The average molecular weight is 405 g/mol. The molecule has 2 aliphatic heterocycles. The molecule has 25 heavy (non-hydrogen) atoms. The van der Waals surface area contributed by atoms with E-state index in [4.69, 9.17) is 0 Å². The lowest BCUT2D eigenvalue weighted by Gasteiger charge is -2.40. The molecule has 0 aromatic heterocycles. The Bertz CT molecular complexity index is 730. The fourth-order valence-corrected chi connectivity index (χ4v) is 5.87. The van der Waals surface area contributed by atoms with Crippen LogP contribution in [0.1, 0.15) is 46.5 Å². The van der Waals surface area contributed by atoms with Gasteiger partial charge in [-0.1, -0.05) is 36.7 Å². The van der Waals surface area contributed by atoms with Crippen molar-refractivity contribution < 1.29 is 9.59 Å². The minimum Gasteiger partial charge on any atom is -0.288 e. The van der Waals surface area contributed by atoms with Gasteiger partial charge in [-0.25, -0.2) is 4.90 Å². The van der Waals surface area contributed by atoms with Crippen LogP contribution in [0.4, 0.5) is 5.69 Å². The fraction of sp³-hybridized carbons (Fsp3) is 0.600. The lowest BCUT2D eigenvalue weighted by molar-refractivity contribution is -0.123. The topological polar surface area (TPSA) is 40.6 Å². The molecule has 1 saturated carbocycles. The zero-order valence-corrected chi connectivity index (χ0v) is 16.7. The van der Waals surface area contributed by atoms with Crippen molar-refractivity contribution >= 4 is 33.4 Å². The van der Waals surface area contributed by atoms with Crippen LogP contribution in [0.25, 0.3) is 0 Å². The number of anilines is 1. The van der Waals surface area contributed by atoms with E-state index in [1.54, 1.807) is 0 Å². The molecule has 3 aliphatic rings. The Morgan fingerprint density at radius 3 is 2.44 bits per heavy atom. The summed E-state index contributed by atoms with van der Waals surface area (Å²) in [5, 5.41) is 0. The van der Waals surface area contributed by atoms with E-state index in [0.29, 0.717) is 23.6 Å². The average Bonchev–Trinajstić information content (AvgIpc) is 2.92. The highest BCUT2D eigenvalue weighted by Crippen LogP contribution is 2.53. The largest absolute Gasteiger partial charge is 0.288 e. The van der Waals surface area contributed by atoms with Gasteiger partial charge in [-0.05, 0) is 54.4 Å². The van der Waals surface area contributed by atoms with Crippen molar-refractivity contribution in [1.82, 2.24) is 4.90 Å². The van der Waals surface area contributed by atoms with Crippen LogP contribution < -0.4 is 4.90 Å². The summed E-state index contributed by atoms with van der Waals surface area (Å²) in [7, 11) is 0. The summed E-state index contributed by atoms with van der Waals surface area (Å²) in [5.41, 5.74) is 1.25. The molecule has 3 atom stereocenters. The van der Waals surface area contributed by atoms with Gasteiger partial charge >= 0.3 is 0 Å². The summed E-state index contributed by atoms with van der Waals surface area (Å²) in [4.78, 5) is 29.4. The molecule has 0 unspecified atom stereocenters. The molecule has 1 aromatic rings. The third kappa shape index (κ3) is 2.95. The molecular formula is C20H25BrN2O2. The van der Waals surface area contributed by atoms with E-state index in [1.165, 1.54) is 11.3 Å². The zero-order chi connectivity index (χ0) is 18.0. The van der Waals surface area contributed by atoms with Gasteiger partial charge in [0, 0.05) is 17.1 Å². The molecule has 1 aliphatic carbocycles. The summed E-state index contributed by atoms with van der Waals surface area (Å²) >= 11 is 3.40. The summed E-state index contributed by atoms with van der Waals surface area (Å²) in [6.07, 6.45) is 3.76. The number of halogens is 1. The van der Waals surface area contributed by atoms with Gasteiger partial charge < -0.3 is 0 Å². The smallest absolute Gasteiger partial charge is 0.251 e. The van der Waals surface area contributed by atoms with E-state index >= 15 is 0 Å².